The molecule has 0 aromatic rings. The lowest BCUT2D eigenvalue weighted by atomic mass is 10.4. The van der Waals surface area contributed by atoms with Gasteiger partial charge in [-0.05, 0) is 0 Å². The maximum Gasteiger partial charge on any atom is 0.154 e. The van der Waals surface area contributed by atoms with E-state index in [2.05, 4.69) is 6.58 Å². The molecule has 2 nitrogen and oxygen atoms in total. The molecule has 0 aliphatic heterocycles. The molecule has 36 valence electrons. The van der Waals surface area contributed by atoms with E-state index in [1.54, 1.807) is 0 Å². The van der Waals surface area contributed by atoms with E-state index < -0.39 is 6.29 Å². The van der Waals surface area contributed by atoms with Gasteiger partial charge in [0, 0.05) is 6.42 Å². The summed E-state index contributed by atoms with van der Waals surface area (Å²) in [5.41, 5.74) is 0. The Morgan fingerprint density at radius 2 is 2.17 bits per heavy atom. The van der Waals surface area contributed by atoms with Crippen LogP contribution in [0.25, 0.3) is 0 Å². The first-order valence-corrected chi connectivity index (χ1v) is 1.74. The van der Waals surface area contributed by atoms with Crippen LogP contribution in [0.4, 0.5) is 0 Å². The van der Waals surface area contributed by atoms with Gasteiger partial charge in [-0.3, -0.25) is 0 Å². The van der Waals surface area contributed by atoms with Gasteiger partial charge in [-0.15, -0.1) is 6.58 Å². The Kier molecular flexibility index (Phi) is 2.71. The van der Waals surface area contributed by atoms with Crippen molar-refractivity contribution in [1.82, 2.24) is 0 Å². The van der Waals surface area contributed by atoms with Gasteiger partial charge in [0.1, 0.15) is 0 Å². The third-order valence-electron chi connectivity index (χ3n) is 0.377. The van der Waals surface area contributed by atoms with Crippen LogP contribution in [0.3, 0.4) is 0 Å². The molecule has 0 aromatic carbocycles. The van der Waals surface area contributed by atoms with Gasteiger partial charge in [0.2, 0.25) is 0 Å². The van der Waals surface area contributed by atoms with Crippen LogP contribution in [-0.2, 0) is 0 Å². The molecule has 0 aliphatic rings. The molecule has 0 amide bonds. The minimum absolute atomic E-state index is 0.250. The average molecular weight is 88.1 g/mol. The predicted octanol–water partition coefficient (Wildman–Crippen LogP) is -0.127. The van der Waals surface area contributed by atoms with Gasteiger partial charge in [0.05, 0.1) is 0 Å². The Bertz CT molecular complexity index is 40.8. The number of aliphatic hydroxyl groups excluding tert-OH is 1. The molecule has 0 saturated carbocycles. The molecule has 0 aliphatic carbocycles. The topological polar surface area (TPSA) is 40.5 Å². The molecule has 2 heteroatoms. The second-order valence-electron chi connectivity index (χ2n) is 1.00. The van der Waals surface area contributed by atoms with Gasteiger partial charge in [-0.1, -0.05) is 6.08 Å². The highest BCUT2D eigenvalue weighted by Crippen LogP contribution is 1.82. The number of hydrogen-bond donors (Lipinski definition) is 2. The minimum Gasteiger partial charge on any atom is -0.368 e. The first kappa shape index (κ1) is 5.66. The van der Waals surface area contributed by atoms with E-state index in [1.807, 2.05) is 0 Å². The lowest BCUT2D eigenvalue weighted by Crippen LogP contribution is -1.99. The Hall–Kier alpha value is -0.340. The normalized spacial score (nSPS) is 9.17. The fourth-order valence-electron chi connectivity index (χ4n) is 0.149. The zero-order chi connectivity index (χ0) is 4.99. The number of aliphatic hydroxyl groups is 2. The molecule has 0 heterocycles. The molecule has 0 bridgehead atoms. The van der Waals surface area contributed by atoms with Gasteiger partial charge < -0.3 is 10.2 Å². The molecule has 0 atom stereocenters. The van der Waals surface area contributed by atoms with Gasteiger partial charge in [-0.25, -0.2) is 0 Å². The van der Waals surface area contributed by atoms with Crippen LogP contribution >= 0.6 is 0 Å². The summed E-state index contributed by atoms with van der Waals surface area (Å²) >= 11 is 0. The van der Waals surface area contributed by atoms with Gasteiger partial charge in [0.25, 0.3) is 0 Å². The van der Waals surface area contributed by atoms with Crippen LogP contribution in [0, 0.1) is 0 Å². The van der Waals surface area contributed by atoms with Crippen LogP contribution in [0.5, 0.6) is 0 Å². The predicted molar refractivity (Wildman–Crippen MR) is 23.0 cm³/mol. The Balaban J connectivity index is 2.81. The maximum atomic E-state index is 8.04. The summed E-state index contributed by atoms with van der Waals surface area (Å²) in [4.78, 5) is 0. The molecule has 0 rings (SSSR count). The molecule has 0 fully saturated rings. The summed E-state index contributed by atoms with van der Waals surface area (Å²) < 4.78 is 0. The summed E-state index contributed by atoms with van der Waals surface area (Å²) in [7, 11) is 0. The first-order valence-electron chi connectivity index (χ1n) is 1.74. The molecule has 6 heavy (non-hydrogen) atoms. The quantitative estimate of drug-likeness (QED) is 0.364. The van der Waals surface area contributed by atoms with Crippen LogP contribution in [0.1, 0.15) is 6.42 Å². The van der Waals surface area contributed by atoms with Crippen molar-refractivity contribution in [3.05, 3.63) is 12.7 Å². The third-order valence-corrected chi connectivity index (χ3v) is 0.377. The fourth-order valence-corrected chi connectivity index (χ4v) is 0.149. The monoisotopic (exact) mass is 88.1 g/mol. The zero-order valence-electron chi connectivity index (χ0n) is 3.46. The second-order valence-corrected chi connectivity index (χ2v) is 1.00. The Morgan fingerprint density at radius 3 is 2.17 bits per heavy atom. The van der Waals surface area contributed by atoms with Crippen molar-refractivity contribution >= 4 is 0 Å². The van der Waals surface area contributed by atoms with Crippen molar-refractivity contribution in [1.29, 1.82) is 0 Å². The SMILES string of the molecule is C=CCC(O)O. The molecule has 0 spiro atoms. The first-order chi connectivity index (χ1) is 2.77. The van der Waals surface area contributed by atoms with Crippen molar-refractivity contribution in [3.63, 3.8) is 0 Å². The lowest BCUT2D eigenvalue weighted by molar-refractivity contribution is -0.0360. The lowest BCUT2D eigenvalue weighted by Gasteiger charge is -1.91. The van der Waals surface area contributed by atoms with Crippen molar-refractivity contribution in [3.8, 4) is 0 Å². The molecule has 2 N–H and O–H groups in total. The van der Waals surface area contributed by atoms with Crippen molar-refractivity contribution in [2.75, 3.05) is 0 Å². The van der Waals surface area contributed by atoms with Crippen molar-refractivity contribution in [2.45, 2.75) is 12.7 Å². The summed E-state index contributed by atoms with van der Waals surface area (Å²) in [5.74, 6) is 0. The highest BCUT2D eigenvalue weighted by Gasteiger charge is 1.86. The Morgan fingerprint density at radius 1 is 1.67 bits per heavy atom. The van der Waals surface area contributed by atoms with Crippen molar-refractivity contribution in [2.24, 2.45) is 0 Å². The fraction of sp³-hybridized carbons (Fsp3) is 0.500. The third kappa shape index (κ3) is 3.66. The van der Waals surface area contributed by atoms with Crippen LogP contribution in [0.15, 0.2) is 12.7 Å². The summed E-state index contributed by atoms with van der Waals surface area (Å²) in [6, 6.07) is 0. The molecule has 0 unspecified atom stereocenters. The molecular weight excluding hydrogens is 80.0 g/mol. The second kappa shape index (κ2) is 2.87. The highest BCUT2D eigenvalue weighted by atomic mass is 16.5. The molecule has 0 saturated heterocycles. The summed E-state index contributed by atoms with van der Waals surface area (Å²) in [5, 5.41) is 16.1. The largest absolute Gasteiger partial charge is 0.368 e. The number of hydrogen-bond acceptors (Lipinski definition) is 2. The molecule has 0 aromatic heterocycles. The van der Waals surface area contributed by atoms with E-state index in [1.165, 1.54) is 6.08 Å². The number of rotatable bonds is 2. The molecular formula is C4H8O2. The molecule has 0 radical (unpaired) electrons. The maximum absolute atomic E-state index is 8.04. The standard InChI is InChI=1S/C4H8O2/c1-2-3-4(5)6/h2,4-6H,1,3H2. The zero-order valence-corrected chi connectivity index (χ0v) is 3.46. The highest BCUT2D eigenvalue weighted by molar-refractivity contribution is 4.65. The van der Waals surface area contributed by atoms with E-state index >= 15 is 0 Å². The van der Waals surface area contributed by atoms with Gasteiger partial charge >= 0.3 is 0 Å². The minimum atomic E-state index is -1.22. The van der Waals surface area contributed by atoms with Crippen molar-refractivity contribution < 1.29 is 10.2 Å². The summed E-state index contributed by atoms with van der Waals surface area (Å²) in [6.07, 6.45) is 0.479. The van der Waals surface area contributed by atoms with Crippen LogP contribution in [0.2, 0.25) is 0 Å². The van der Waals surface area contributed by atoms with E-state index in [0.29, 0.717) is 0 Å². The van der Waals surface area contributed by atoms with E-state index in [4.69, 9.17) is 10.2 Å². The van der Waals surface area contributed by atoms with Crippen LogP contribution < -0.4 is 0 Å². The van der Waals surface area contributed by atoms with E-state index in [0.717, 1.165) is 0 Å². The smallest absolute Gasteiger partial charge is 0.154 e. The van der Waals surface area contributed by atoms with E-state index in [-0.39, 0.29) is 6.42 Å². The Labute approximate surface area is 36.7 Å². The van der Waals surface area contributed by atoms with Crippen LogP contribution in [-0.4, -0.2) is 16.5 Å². The van der Waals surface area contributed by atoms with Gasteiger partial charge in [0.15, 0.2) is 6.29 Å². The summed E-state index contributed by atoms with van der Waals surface area (Å²) in [6.45, 7) is 3.28. The van der Waals surface area contributed by atoms with E-state index in [9.17, 15) is 0 Å². The van der Waals surface area contributed by atoms with Gasteiger partial charge in [-0.2, -0.15) is 0 Å². The average Bonchev–Trinajstić information content (AvgIpc) is 1.35.